The molecular formula is C18H19N5O2. The number of ether oxygens (including phenoxy) is 2. The lowest BCUT2D eigenvalue weighted by Crippen LogP contribution is -2.04. The van der Waals surface area contributed by atoms with Crippen LogP contribution in [0.1, 0.15) is 11.1 Å². The van der Waals surface area contributed by atoms with Gasteiger partial charge in [-0.25, -0.2) is 4.98 Å². The van der Waals surface area contributed by atoms with Crippen molar-refractivity contribution in [3.8, 4) is 22.6 Å². The van der Waals surface area contributed by atoms with E-state index in [1.54, 1.807) is 32.8 Å². The first kappa shape index (κ1) is 16.5. The number of benzene rings is 1. The van der Waals surface area contributed by atoms with E-state index in [9.17, 15) is 0 Å². The molecule has 0 amide bonds. The highest BCUT2D eigenvalue weighted by Crippen LogP contribution is 2.39. The summed E-state index contributed by atoms with van der Waals surface area (Å²) < 4.78 is 11.0. The summed E-state index contributed by atoms with van der Waals surface area (Å²) in [6.07, 6.45) is 5.68. The molecule has 0 atom stereocenters. The van der Waals surface area contributed by atoms with Gasteiger partial charge in [-0.1, -0.05) is 6.07 Å². The Kier molecular flexibility index (Phi) is 4.65. The molecular weight excluding hydrogens is 318 g/mol. The van der Waals surface area contributed by atoms with Crippen LogP contribution in [0.15, 0.2) is 42.9 Å². The van der Waals surface area contributed by atoms with E-state index in [0.29, 0.717) is 23.7 Å². The standard InChI is InChI=1S/C18H19N5O2/c1-24-15-8-11(6-13-10-22-18(20)23-17(13)19)7-14(16(15)25-2)12-4-3-5-21-9-12/h3-5,7-10H,6H2,1-2H3,(H4,19,20,22,23). The lowest BCUT2D eigenvalue weighted by atomic mass is 9.99. The van der Waals surface area contributed by atoms with Crippen LogP contribution >= 0.6 is 0 Å². The van der Waals surface area contributed by atoms with Gasteiger partial charge in [-0.05, 0) is 23.8 Å². The molecule has 0 saturated heterocycles. The molecule has 0 spiro atoms. The Morgan fingerprint density at radius 1 is 1.08 bits per heavy atom. The molecule has 1 aromatic carbocycles. The zero-order valence-electron chi connectivity index (χ0n) is 14.1. The highest BCUT2D eigenvalue weighted by atomic mass is 16.5. The number of rotatable bonds is 5. The number of anilines is 2. The smallest absolute Gasteiger partial charge is 0.221 e. The second-order valence-electron chi connectivity index (χ2n) is 5.44. The molecule has 0 aliphatic heterocycles. The average molecular weight is 337 g/mol. The Morgan fingerprint density at radius 3 is 2.56 bits per heavy atom. The number of nitrogen functional groups attached to an aromatic ring is 2. The summed E-state index contributed by atoms with van der Waals surface area (Å²) >= 11 is 0. The van der Waals surface area contributed by atoms with Gasteiger partial charge in [0.1, 0.15) is 5.82 Å². The third-order valence-corrected chi connectivity index (χ3v) is 3.82. The predicted molar refractivity (Wildman–Crippen MR) is 96.4 cm³/mol. The zero-order valence-corrected chi connectivity index (χ0v) is 14.1. The molecule has 25 heavy (non-hydrogen) atoms. The van der Waals surface area contributed by atoms with Crippen molar-refractivity contribution in [2.75, 3.05) is 25.7 Å². The Morgan fingerprint density at radius 2 is 1.92 bits per heavy atom. The molecule has 0 aliphatic rings. The number of nitrogens with zero attached hydrogens (tertiary/aromatic N) is 3. The summed E-state index contributed by atoms with van der Waals surface area (Å²) in [5, 5.41) is 0. The topological polar surface area (TPSA) is 109 Å². The van der Waals surface area contributed by atoms with Crippen molar-refractivity contribution in [3.05, 3.63) is 54.0 Å². The van der Waals surface area contributed by atoms with Crippen LogP contribution in [-0.2, 0) is 6.42 Å². The highest BCUT2D eigenvalue weighted by Gasteiger charge is 2.15. The molecule has 7 nitrogen and oxygen atoms in total. The number of hydrogen-bond donors (Lipinski definition) is 2. The lowest BCUT2D eigenvalue weighted by molar-refractivity contribution is 0.356. The van der Waals surface area contributed by atoms with Crippen molar-refractivity contribution in [2.45, 2.75) is 6.42 Å². The minimum Gasteiger partial charge on any atom is -0.493 e. The number of pyridine rings is 1. The van der Waals surface area contributed by atoms with Crippen molar-refractivity contribution in [1.82, 2.24) is 15.0 Å². The third-order valence-electron chi connectivity index (χ3n) is 3.82. The van der Waals surface area contributed by atoms with Crippen molar-refractivity contribution in [1.29, 1.82) is 0 Å². The zero-order chi connectivity index (χ0) is 17.8. The van der Waals surface area contributed by atoms with Gasteiger partial charge in [-0.15, -0.1) is 0 Å². The molecule has 0 saturated carbocycles. The van der Waals surface area contributed by atoms with Gasteiger partial charge in [0, 0.05) is 41.7 Å². The fourth-order valence-corrected chi connectivity index (χ4v) is 2.65. The molecule has 2 aromatic heterocycles. The first-order valence-electron chi connectivity index (χ1n) is 7.64. The van der Waals surface area contributed by atoms with E-state index < -0.39 is 0 Å². The van der Waals surface area contributed by atoms with E-state index in [2.05, 4.69) is 15.0 Å². The molecule has 128 valence electrons. The summed E-state index contributed by atoms with van der Waals surface area (Å²) in [4.78, 5) is 12.2. The summed E-state index contributed by atoms with van der Waals surface area (Å²) in [6.45, 7) is 0. The largest absolute Gasteiger partial charge is 0.493 e. The quantitative estimate of drug-likeness (QED) is 0.735. The third kappa shape index (κ3) is 3.45. The summed E-state index contributed by atoms with van der Waals surface area (Å²) in [7, 11) is 3.22. The maximum Gasteiger partial charge on any atom is 0.221 e. The first-order valence-corrected chi connectivity index (χ1v) is 7.64. The average Bonchev–Trinajstić information content (AvgIpc) is 2.64. The monoisotopic (exact) mass is 337 g/mol. The molecule has 3 aromatic rings. The Balaban J connectivity index is 2.08. The molecule has 0 fully saturated rings. The highest BCUT2D eigenvalue weighted by molar-refractivity contribution is 5.74. The van der Waals surface area contributed by atoms with Gasteiger partial charge in [0.15, 0.2) is 11.5 Å². The van der Waals surface area contributed by atoms with Crippen molar-refractivity contribution in [3.63, 3.8) is 0 Å². The molecule has 0 aliphatic carbocycles. The summed E-state index contributed by atoms with van der Waals surface area (Å²) in [5.74, 6) is 1.81. The fraction of sp³-hybridized carbons (Fsp3) is 0.167. The minimum atomic E-state index is 0.157. The number of hydrogen-bond acceptors (Lipinski definition) is 7. The van der Waals surface area contributed by atoms with Crippen LogP contribution in [0.3, 0.4) is 0 Å². The second kappa shape index (κ2) is 7.04. The Bertz CT molecular complexity index is 884. The number of aromatic nitrogens is 3. The summed E-state index contributed by atoms with van der Waals surface area (Å²) in [6, 6.07) is 7.77. The molecule has 2 heterocycles. The fourth-order valence-electron chi connectivity index (χ4n) is 2.65. The second-order valence-corrected chi connectivity index (χ2v) is 5.44. The Labute approximate surface area is 145 Å². The molecule has 3 rings (SSSR count). The normalized spacial score (nSPS) is 10.5. The van der Waals surface area contributed by atoms with Gasteiger partial charge in [-0.2, -0.15) is 4.98 Å². The van der Waals surface area contributed by atoms with Gasteiger partial charge in [0.25, 0.3) is 0 Å². The van der Waals surface area contributed by atoms with E-state index in [4.69, 9.17) is 20.9 Å². The predicted octanol–water partition coefficient (Wildman–Crippen LogP) is 2.31. The van der Waals surface area contributed by atoms with Crippen LogP contribution in [0.5, 0.6) is 11.5 Å². The molecule has 0 bridgehead atoms. The van der Waals surface area contributed by atoms with Crippen molar-refractivity contribution >= 4 is 11.8 Å². The molecule has 4 N–H and O–H groups in total. The van der Waals surface area contributed by atoms with E-state index in [1.165, 1.54) is 0 Å². The molecule has 0 unspecified atom stereocenters. The van der Waals surface area contributed by atoms with Gasteiger partial charge < -0.3 is 20.9 Å². The van der Waals surface area contributed by atoms with Gasteiger partial charge >= 0.3 is 0 Å². The maximum atomic E-state index is 5.95. The summed E-state index contributed by atoms with van der Waals surface area (Å²) in [5.41, 5.74) is 15.1. The van der Waals surface area contributed by atoms with Crippen LogP contribution in [0.4, 0.5) is 11.8 Å². The molecule has 0 radical (unpaired) electrons. The SMILES string of the molecule is COc1cc(Cc2cnc(N)nc2N)cc(-c2cccnc2)c1OC. The van der Waals surface area contributed by atoms with Gasteiger partial charge in [-0.3, -0.25) is 4.98 Å². The van der Waals surface area contributed by atoms with Crippen LogP contribution in [-0.4, -0.2) is 29.2 Å². The number of methoxy groups -OCH3 is 2. The van der Waals surface area contributed by atoms with Crippen LogP contribution in [0, 0.1) is 0 Å². The van der Waals surface area contributed by atoms with Crippen molar-refractivity contribution < 1.29 is 9.47 Å². The maximum absolute atomic E-state index is 5.95. The van der Waals surface area contributed by atoms with Crippen LogP contribution in [0.2, 0.25) is 0 Å². The van der Waals surface area contributed by atoms with Crippen LogP contribution < -0.4 is 20.9 Å². The lowest BCUT2D eigenvalue weighted by Gasteiger charge is -2.15. The van der Waals surface area contributed by atoms with Gasteiger partial charge in [0.2, 0.25) is 5.95 Å². The minimum absolute atomic E-state index is 0.157. The van der Waals surface area contributed by atoms with E-state index in [-0.39, 0.29) is 5.95 Å². The van der Waals surface area contributed by atoms with Crippen LogP contribution in [0.25, 0.3) is 11.1 Å². The van der Waals surface area contributed by atoms with Gasteiger partial charge in [0.05, 0.1) is 14.2 Å². The number of nitrogens with two attached hydrogens (primary N) is 2. The molecule has 7 heteroatoms. The van der Waals surface area contributed by atoms with E-state index in [1.807, 2.05) is 24.3 Å². The Hall–Kier alpha value is -3.35. The van der Waals surface area contributed by atoms with E-state index in [0.717, 1.165) is 22.3 Å². The first-order chi connectivity index (χ1) is 12.1. The van der Waals surface area contributed by atoms with E-state index >= 15 is 0 Å². The van der Waals surface area contributed by atoms with Crippen molar-refractivity contribution in [2.24, 2.45) is 0 Å².